The van der Waals surface area contributed by atoms with Crippen molar-refractivity contribution in [3.63, 3.8) is 0 Å². The number of oxazole rings is 1. The molecule has 1 aromatic carbocycles. The number of anilines is 1. The molecule has 0 aliphatic rings. The summed E-state index contributed by atoms with van der Waals surface area (Å²) >= 11 is 0. The van der Waals surface area contributed by atoms with Gasteiger partial charge >= 0.3 is 0 Å². The van der Waals surface area contributed by atoms with Crippen LogP contribution in [0, 0.1) is 6.92 Å². The molecule has 0 saturated carbocycles. The Morgan fingerprint density at radius 1 is 1.33 bits per heavy atom. The Labute approximate surface area is 107 Å². The summed E-state index contributed by atoms with van der Waals surface area (Å²) in [6.07, 6.45) is 0. The molecule has 18 heavy (non-hydrogen) atoms. The van der Waals surface area contributed by atoms with E-state index >= 15 is 0 Å². The summed E-state index contributed by atoms with van der Waals surface area (Å²) < 4.78 is 10.8. The van der Waals surface area contributed by atoms with Gasteiger partial charge in [0.25, 0.3) is 6.01 Å². The van der Waals surface area contributed by atoms with Gasteiger partial charge in [0.1, 0.15) is 5.75 Å². The average Bonchev–Trinajstić information content (AvgIpc) is 2.67. The van der Waals surface area contributed by atoms with Crippen molar-refractivity contribution < 1.29 is 9.15 Å². The highest BCUT2D eigenvalue weighted by Crippen LogP contribution is 2.35. The normalized spacial score (nSPS) is 10.9. The van der Waals surface area contributed by atoms with Gasteiger partial charge in [-0.3, -0.25) is 0 Å². The van der Waals surface area contributed by atoms with Crippen LogP contribution in [0.1, 0.15) is 31.0 Å². The average molecular weight is 246 g/mol. The van der Waals surface area contributed by atoms with E-state index in [2.05, 4.69) is 31.0 Å². The first kappa shape index (κ1) is 12.5. The number of hydrogen-bond donors (Lipinski definition) is 1. The van der Waals surface area contributed by atoms with Crippen LogP contribution in [0.25, 0.3) is 11.3 Å². The number of nitrogen functional groups attached to an aromatic ring is 1. The Balaban J connectivity index is 2.60. The van der Waals surface area contributed by atoms with Gasteiger partial charge in [0, 0.05) is 0 Å². The lowest BCUT2D eigenvalue weighted by molar-refractivity contribution is 0.414. The van der Waals surface area contributed by atoms with Gasteiger partial charge in [0.2, 0.25) is 0 Å². The zero-order valence-electron chi connectivity index (χ0n) is 11.2. The van der Waals surface area contributed by atoms with Crippen molar-refractivity contribution in [3.05, 3.63) is 29.5 Å². The Bertz CT molecular complexity index is 559. The summed E-state index contributed by atoms with van der Waals surface area (Å²) in [7, 11) is 1.64. The van der Waals surface area contributed by atoms with Crippen molar-refractivity contribution in [3.8, 4) is 17.1 Å². The lowest BCUT2D eigenvalue weighted by Gasteiger charge is -2.11. The first-order chi connectivity index (χ1) is 8.52. The molecule has 1 heterocycles. The number of aryl methyl sites for hydroxylation is 1. The van der Waals surface area contributed by atoms with Crippen LogP contribution >= 0.6 is 0 Å². The van der Waals surface area contributed by atoms with E-state index in [-0.39, 0.29) is 6.01 Å². The second-order valence-electron chi connectivity index (χ2n) is 4.58. The van der Waals surface area contributed by atoms with Gasteiger partial charge in [-0.1, -0.05) is 19.9 Å². The van der Waals surface area contributed by atoms with Gasteiger partial charge in [-0.2, -0.15) is 4.98 Å². The maximum absolute atomic E-state index is 5.59. The number of nitrogens with two attached hydrogens (primary N) is 1. The molecule has 0 unspecified atom stereocenters. The van der Waals surface area contributed by atoms with Crippen LogP contribution in [0.4, 0.5) is 6.01 Å². The zero-order chi connectivity index (χ0) is 13.3. The van der Waals surface area contributed by atoms with Crippen molar-refractivity contribution in [1.82, 2.24) is 4.98 Å². The third-order valence-corrected chi connectivity index (χ3v) is 2.95. The lowest BCUT2D eigenvalue weighted by atomic mass is 9.99. The quantitative estimate of drug-likeness (QED) is 0.902. The Morgan fingerprint density at radius 3 is 2.56 bits per heavy atom. The highest BCUT2D eigenvalue weighted by Gasteiger charge is 2.16. The standard InChI is InChI=1S/C14H18N2O2/c1-8(2)10-5-6-12(17-4)11(7-10)13-9(3)16-14(15)18-13/h5-8H,1-4H3,(H2,15,16). The van der Waals surface area contributed by atoms with Gasteiger partial charge in [0.15, 0.2) is 5.76 Å². The molecule has 0 aliphatic heterocycles. The van der Waals surface area contributed by atoms with Gasteiger partial charge in [-0.15, -0.1) is 0 Å². The molecule has 0 spiro atoms. The van der Waals surface area contributed by atoms with Gasteiger partial charge in [0.05, 0.1) is 18.4 Å². The molecule has 0 fully saturated rings. The number of aromatic nitrogens is 1. The van der Waals surface area contributed by atoms with Crippen LogP contribution in [0.5, 0.6) is 5.75 Å². The fourth-order valence-electron chi connectivity index (χ4n) is 1.93. The molecule has 2 rings (SSSR count). The maximum atomic E-state index is 5.59. The highest BCUT2D eigenvalue weighted by molar-refractivity contribution is 5.69. The Hall–Kier alpha value is -1.97. The van der Waals surface area contributed by atoms with E-state index in [9.17, 15) is 0 Å². The van der Waals surface area contributed by atoms with Crippen molar-refractivity contribution in [1.29, 1.82) is 0 Å². The first-order valence-electron chi connectivity index (χ1n) is 5.94. The van der Waals surface area contributed by atoms with Gasteiger partial charge < -0.3 is 14.9 Å². The molecule has 0 saturated heterocycles. The van der Waals surface area contributed by atoms with Crippen LogP contribution < -0.4 is 10.5 Å². The van der Waals surface area contributed by atoms with E-state index in [1.807, 2.05) is 13.0 Å². The molecule has 0 aliphatic carbocycles. The SMILES string of the molecule is COc1ccc(C(C)C)cc1-c1oc(N)nc1C. The fraction of sp³-hybridized carbons (Fsp3) is 0.357. The minimum atomic E-state index is 0.180. The predicted octanol–water partition coefficient (Wildman–Crippen LogP) is 3.36. The molecule has 4 nitrogen and oxygen atoms in total. The van der Waals surface area contributed by atoms with Crippen LogP contribution in [0.2, 0.25) is 0 Å². The molecule has 96 valence electrons. The summed E-state index contributed by atoms with van der Waals surface area (Å²) in [5.41, 5.74) is 8.47. The molecule has 1 aromatic heterocycles. The Morgan fingerprint density at radius 2 is 2.06 bits per heavy atom. The fourth-order valence-corrected chi connectivity index (χ4v) is 1.93. The number of benzene rings is 1. The van der Waals surface area contributed by atoms with E-state index in [1.165, 1.54) is 5.56 Å². The van der Waals surface area contributed by atoms with Crippen molar-refractivity contribution in [2.75, 3.05) is 12.8 Å². The number of ether oxygens (including phenoxy) is 1. The van der Waals surface area contributed by atoms with Gasteiger partial charge in [-0.05, 0) is 30.5 Å². The molecule has 0 bridgehead atoms. The number of rotatable bonds is 3. The van der Waals surface area contributed by atoms with E-state index in [0.29, 0.717) is 11.7 Å². The molecule has 2 aromatic rings. The number of methoxy groups -OCH3 is 1. The zero-order valence-corrected chi connectivity index (χ0v) is 11.2. The van der Waals surface area contributed by atoms with Crippen LogP contribution in [-0.4, -0.2) is 12.1 Å². The predicted molar refractivity (Wildman–Crippen MR) is 71.7 cm³/mol. The van der Waals surface area contributed by atoms with E-state index < -0.39 is 0 Å². The highest BCUT2D eigenvalue weighted by atomic mass is 16.5. The first-order valence-corrected chi connectivity index (χ1v) is 5.94. The lowest BCUT2D eigenvalue weighted by Crippen LogP contribution is -1.93. The minimum Gasteiger partial charge on any atom is -0.496 e. The summed E-state index contributed by atoms with van der Waals surface area (Å²) in [5, 5.41) is 0. The number of hydrogen-bond acceptors (Lipinski definition) is 4. The summed E-state index contributed by atoms with van der Waals surface area (Å²) in [6.45, 7) is 6.16. The van der Waals surface area contributed by atoms with E-state index in [0.717, 1.165) is 17.0 Å². The summed E-state index contributed by atoms with van der Waals surface area (Å²) in [4.78, 5) is 4.09. The summed E-state index contributed by atoms with van der Waals surface area (Å²) in [5.74, 6) is 1.88. The second-order valence-corrected chi connectivity index (χ2v) is 4.58. The maximum Gasteiger partial charge on any atom is 0.292 e. The third kappa shape index (κ3) is 2.18. The van der Waals surface area contributed by atoms with E-state index in [1.54, 1.807) is 7.11 Å². The Kier molecular flexibility index (Phi) is 3.28. The molecular weight excluding hydrogens is 228 g/mol. The minimum absolute atomic E-state index is 0.180. The van der Waals surface area contributed by atoms with Crippen molar-refractivity contribution >= 4 is 6.01 Å². The second kappa shape index (κ2) is 4.72. The monoisotopic (exact) mass is 246 g/mol. The molecule has 4 heteroatoms. The van der Waals surface area contributed by atoms with E-state index in [4.69, 9.17) is 14.9 Å². The smallest absolute Gasteiger partial charge is 0.292 e. The molecular formula is C14H18N2O2. The van der Waals surface area contributed by atoms with Crippen LogP contribution in [0.3, 0.4) is 0 Å². The largest absolute Gasteiger partial charge is 0.496 e. The number of nitrogens with zero attached hydrogens (tertiary/aromatic N) is 1. The molecule has 0 amide bonds. The van der Waals surface area contributed by atoms with Crippen LogP contribution in [0.15, 0.2) is 22.6 Å². The molecule has 2 N–H and O–H groups in total. The van der Waals surface area contributed by atoms with Crippen molar-refractivity contribution in [2.24, 2.45) is 0 Å². The molecule has 0 atom stereocenters. The third-order valence-electron chi connectivity index (χ3n) is 2.95. The van der Waals surface area contributed by atoms with Gasteiger partial charge in [-0.25, -0.2) is 0 Å². The van der Waals surface area contributed by atoms with Crippen molar-refractivity contribution in [2.45, 2.75) is 26.7 Å². The topological polar surface area (TPSA) is 61.3 Å². The van der Waals surface area contributed by atoms with Crippen LogP contribution in [-0.2, 0) is 0 Å². The summed E-state index contributed by atoms with van der Waals surface area (Å²) in [6, 6.07) is 6.25. The molecule has 0 radical (unpaired) electrons.